The summed E-state index contributed by atoms with van der Waals surface area (Å²) >= 11 is 0. The van der Waals surface area contributed by atoms with Crippen LogP contribution in [0.3, 0.4) is 0 Å². The highest BCUT2D eigenvalue weighted by atomic mass is 15.1. The van der Waals surface area contributed by atoms with Crippen molar-refractivity contribution >= 4 is 0 Å². The lowest BCUT2D eigenvalue weighted by atomic mass is 10.1. The van der Waals surface area contributed by atoms with Crippen molar-refractivity contribution in [2.24, 2.45) is 0 Å². The summed E-state index contributed by atoms with van der Waals surface area (Å²) in [6.07, 6.45) is 11.8. The molecule has 0 aliphatic heterocycles. The molecule has 1 aromatic heterocycles. The molecular weight excluding hydrogens is 212 g/mol. The van der Waals surface area contributed by atoms with Gasteiger partial charge in [-0.05, 0) is 19.3 Å². The van der Waals surface area contributed by atoms with E-state index in [-0.39, 0.29) is 0 Å². The van der Waals surface area contributed by atoms with Crippen molar-refractivity contribution in [3.8, 4) is 12.1 Å². The summed E-state index contributed by atoms with van der Waals surface area (Å²) in [4.78, 5) is 0. The molecule has 0 fully saturated rings. The van der Waals surface area contributed by atoms with E-state index in [1.165, 1.54) is 6.42 Å². The lowest BCUT2D eigenvalue weighted by Gasteiger charge is -1.97. The number of hydrogen-bond donors (Lipinski definition) is 0. The van der Waals surface area contributed by atoms with Gasteiger partial charge in [0.15, 0.2) is 0 Å². The molecule has 1 aromatic rings. The third kappa shape index (κ3) is 5.73. The van der Waals surface area contributed by atoms with Gasteiger partial charge >= 0.3 is 0 Å². The average Bonchev–Trinajstić information content (AvgIpc) is 2.79. The van der Waals surface area contributed by atoms with Gasteiger partial charge in [0.25, 0.3) is 0 Å². The Morgan fingerprint density at radius 2 is 1.76 bits per heavy atom. The first-order valence-corrected chi connectivity index (χ1v) is 6.15. The van der Waals surface area contributed by atoms with Crippen LogP contribution < -0.4 is 4.57 Å². The highest BCUT2D eigenvalue weighted by Crippen LogP contribution is 2.03. The van der Waals surface area contributed by atoms with Gasteiger partial charge in [-0.2, -0.15) is 10.5 Å². The standard InChI is InChI=1S/C13H19N4/c14-7-4-2-1-3-5-9-16-11-12-17(13-16)10-6-8-15/h11-13H,1-6,9-10H2/q+1. The second-order valence-corrected chi connectivity index (χ2v) is 4.12. The van der Waals surface area contributed by atoms with Crippen molar-refractivity contribution in [1.29, 1.82) is 10.5 Å². The second kappa shape index (κ2) is 8.35. The molecule has 0 aliphatic rings. The fourth-order valence-electron chi connectivity index (χ4n) is 1.73. The Labute approximate surface area is 103 Å². The molecule has 0 saturated heterocycles. The Kier molecular flexibility index (Phi) is 6.51. The highest BCUT2D eigenvalue weighted by molar-refractivity contribution is 4.69. The smallest absolute Gasteiger partial charge is 0.237 e. The van der Waals surface area contributed by atoms with Crippen LogP contribution >= 0.6 is 0 Å². The lowest BCUT2D eigenvalue weighted by molar-refractivity contribution is -0.695. The number of rotatable bonds is 8. The molecule has 0 spiro atoms. The number of nitriles is 2. The maximum atomic E-state index is 8.49. The third-order valence-electron chi connectivity index (χ3n) is 2.68. The van der Waals surface area contributed by atoms with Gasteiger partial charge in [0.05, 0.1) is 25.1 Å². The first-order chi connectivity index (χ1) is 8.36. The fraction of sp³-hybridized carbons (Fsp3) is 0.615. The molecule has 0 amide bonds. The molecule has 0 radical (unpaired) electrons. The zero-order valence-electron chi connectivity index (χ0n) is 10.2. The van der Waals surface area contributed by atoms with Gasteiger partial charge in [-0.15, -0.1) is 0 Å². The number of aryl methyl sites for hydroxylation is 2. The largest absolute Gasteiger partial charge is 0.243 e. The summed E-state index contributed by atoms with van der Waals surface area (Å²) in [5.41, 5.74) is 0. The number of imidazole rings is 1. The Hall–Kier alpha value is -1.81. The minimum Gasteiger partial charge on any atom is -0.237 e. The van der Waals surface area contributed by atoms with Gasteiger partial charge in [-0.25, -0.2) is 9.13 Å². The number of hydrogen-bond acceptors (Lipinski definition) is 2. The quantitative estimate of drug-likeness (QED) is 0.508. The predicted octanol–water partition coefficient (Wildman–Crippen LogP) is 2.16. The van der Waals surface area contributed by atoms with E-state index < -0.39 is 0 Å². The van der Waals surface area contributed by atoms with Gasteiger partial charge in [0.2, 0.25) is 6.33 Å². The summed E-state index contributed by atoms with van der Waals surface area (Å²) in [6, 6.07) is 4.31. The van der Waals surface area contributed by atoms with Gasteiger partial charge in [-0.3, -0.25) is 0 Å². The molecule has 0 bridgehead atoms. The molecule has 1 heterocycles. The zero-order valence-corrected chi connectivity index (χ0v) is 10.2. The summed E-state index contributed by atoms with van der Waals surface area (Å²) in [5, 5.41) is 16.9. The van der Waals surface area contributed by atoms with Crippen LogP contribution in [0.4, 0.5) is 0 Å². The third-order valence-corrected chi connectivity index (χ3v) is 2.68. The zero-order chi connectivity index (χ0) is 12.3. The minimum absolute atomic E-state index is 0.558. The summed E-state index contributed by atoms with van der Waals surface area (Å²) < 4.78 is 4.20. The van der Waals surface area contributed by atoms with Crippen LogP contribution in [0.25, 0.3) is 0 Å². The molecule has 90 valence electrons. The highest BCUT2D eigenvalue weighted by Gasteiger charge is 2.02. The van der Waals surface area contributed by atoms with Crippen molar-refractivity contribution in [2.75, 3.05) is 0 Å². The molecule has 0 atom stereocenters. The van der Waals surface area contributed by atoms with E-state index in [1.807, 2.05) is 23.3 Å². The molecule has 17 heavy (non-hydrogen) atoms. The monoisotopic (exact) mass is 231 g/mol. The van der Waals surface area contributed by atoms with E-state index in [9.17, 15) is 0 Å². The van der Waals surface area contributed by atoms with Crippen molar-refractivity contribution in [3.63, 3.8) is 0 Å². The molecule has 1 rings (SSSR count). The molecule has 0 N–H and O–H groups in total. The number of aromatic nitrogens is 2. The maximum absolute atomic E-state index is 8.49. The van der Waals surface area contributed by atoms with Crippen molar-refractivity contribution < 1.29 is 4.57 Å². The van der Waals surface area contributed by atoms with Crippen LogP contribution in [0.2, 0.25) is 0 Å². The molecule has 0 aromatic carbocycles. The topological polar surface area (TPSA) is 56.4 Å². The van der Waals surface area contributed by atoms with E-state index in [0.717, 1.165) is 32.4 Å². The summed E-state index contributed by atoms with van der Waals surface area (Å²) in [5.74, 6) is 0. The SMILES string of the molecule is N#CCCCCCCn1cc[n+](CCC#N)c1. The van der Waals surface area contributed by atoms with E-state index in [1.54, 1.807) is 0 Å². The molecule has 4 heteroatoms. The van der Waals surface area contributed by atoms with Crippen molar-refractivity contribution in [1.82, 2.24) is 4.57 Å². The fourth-order valence-corrected chi connectivity index (χ4v) is 1.73. The number of nitrogens with zero attached hydrogens (tertiary/aromatic N) is 4. The van der Waals surface area contributed by atoms with Gasteiger partial charge in [-0.1, -0.05) is 6.42 Å². The Balaban J connectivity index is 2.13. The Morgan fingerprint density at radius 1 is 1.00 bits per heavy atom. The lowest BCUT2D eigenvalue weighted by Crippen LogP contribution is -2.30. The minimum atomic E-state index is 0.558. The Bertz CT molecular complexity index is 394. The van der Waals surface area contributed by atoms with E-state index in [4.69, 9.17) is 10.5 Å². The molecule has 0 aliphatic carbocycles. The van der Waals surface area contributed by atoms with Crippen LogP contribution in [0.5, 0.6) is 0 Å². The molecular formula is C13H19N4+. The van der Waals surface area contributed by atoms with Crippen molar-refractivity contribution in [3.05, 3.63) is 18.7 Å². The molecule has 4 nitrogen and oxygen atoms in total. The maximum Gasteiger partial charge on any atom is 0.243 e. The van der Waals surface area contributed by atoms with Crippen LogP contribution in [-0.2, 0) is 13.1 Å². The van der Waals surface area contributed by atoms with Crippen LogP contribution in [-0.4, -0.2) is 4.57 Å². The summed E-state index contributed by atoms with van der Waals surface area (Å²) in [7, 11) is 0. The normalized spacial score (nSPS) is 9.76. The first kappa shape index (κ1) is 13.3. The van der Waals surface area contributed by atoms with E-state index in [2.05, 4.69) is 16.7 Å². The second-order valence-electron chi connectivity index (χ2n) is 4.12. The van der Waals surface area contributed by atoms with Crippen LogP contribution in [0.15, 0.2) is 18.7 Å². The Morgan fingerprint density at radius 3 is 2.53 bits per heavy atom. The summed E-state index contributed by atoms with van der Waals surface area (Å²) in [6.45, 7) is 1.79. The van der Waals surface area contributed by atoms with Gasteiger partial charge in [0, 0.05) is 6.42 Å². The predicted molar refractivity (Wildman–Crippen MR) is 63.6 cm³/mol. The first-order valence-electron chi connectivity index (χ1n) is 6.15. The van der Waals surface area contributed by atoms with Crippen molar-refractivity contribution in [2.45, 2.75) is 51.6 Å². The van der Waals surface area contributed by atoms with E-state index >= 15 is 0 Å². The van der Waals surface area contributed by atoms with E-state index in [0.29, 0.717) is 12.8 Å². The van der Waals surface area contributed by atoms with Gasteiger partial charge < -0.3 is 0 Å². The van der Waals surface area contributed by atoms with Gasteiger partial charge in [0.1, 0.15) is 18.9 Å². The van der Waals surface area contributed by atoms with Crippen LogP contribution in [0, 0.1) is 22.7 Å². The number of unbranched alkanes of at least 4 members (excludes halogenated alkanes) is 4. The molecule has 0 unspecified atom stereocenters. The average molecular weight is 231 g/mol. The van der Waals surface area contributed by atoms with Crippen LogP contribution in [0.1, 0.15) is 38.5 Å². The molecule has 0 saturated carbocycles.